The molecule has 12 heavy (non-hydrogen) atoms. The molecule has 0 spiro atoms. The van der Waals surface area contributed by atoms with E-state index in [1.165, 1.54) is 0 Å². The van der Waals surface area contributed by atoms with Crippen LogP contribution in [0.5, 0.6) is 0 Å². The molecule has 0 saturated carbocycles. The van der Waals surface area contributed by atoms with Gasteiger partial charge in [-0.05, 0) is 6.42 Å². The Kier molecular flexibility index (Phi) is 4.04. The number of rotatable bonds is 3. The van der Waals surface area contributed by atoms with Gasteiger partial charge in [0.1, 0.15) is 11.9 Å². The van der Waals surface area contributed by atoms with E-state index in [1.54, 1.807) is 0 Å². The van der Waals surface area contributed by atoms with Crippen LogP contribution in [0, 0.1) is 0 Å². The minimum Gasteiger partial charge on any atom is -0.385 e. The third-order valence-electron chi connectivity index (χ3n) is 1.66. The number of nitrogens with zero attached hydrogens (tertiary/aromatic N) is 1. The number of hydrogen-bond acceptors (Lipinski definition) is 3. The molecular weight excluding hydrogens is 156 g/mol. The lowest BCUT2D eigenvalue weighted by Gasteiger charge is -2.22. The van der Waals surface area contributed by atoms with Crippen molar-refractivity contribution in [3.63, 3.8) is 0 Å². The normalized spacial score (nSPS) is 25.8. The van der Waals surface area contributed by atoms with Crippen molar-refractivity contribution in [3.05, 3.63) is 0 Å². The summed E-state index contributed by atoms with van der Waals surface area (Å²) in [6.07, 6.45) is 0.888. The number of nitrogens with two attached hydrogens (primary N) is 1. The first-order valence-electron chi connectivity index (χ1n) is 4.33. The molecule has 1 heterocycles. The van der Waals surface area contributed by atoms with Gasteiger partial charge in [-0.25, -0.2) is 0 Å². The van der Waals surface area contributed by atoms with Gasteiger partial charge < -0.3 is 15.2 Å². The SMILES string of the molecule is CCCN=C(N)C1COCCO1. The van der Waals surface area contributed by atoms with Crippen LogP contribution in [0.2, 0.25) is 0 Å². The van der Waals surface area contributed by atoms with Gasteiger partial charge in [-0.2, -0.15) is 0 Å². The Bertz CT molecular complexity index is 153. The Morgan fingerprint density at radius 2 is 2.42 bits per heavy atom. The predicted molar refractivity (Wildman–Crippen MR) is 47.3 cm³/mol. The molecule has 1 aliphatic rings. The third-order valence-corrected chi connectivity index (χ3v) is 1.66. The second-order valence-electron chi connectivity index (χ2n) is 2.74. The second-order valence-corrected chi connectivity index (χ2v) is 2.74. The van der Waals surface area contributed by atoms with E-state index in [9.17, 15) is 0 Å². The molecule has 1 rings (SSSR count). The minimum absolute atomic E-state index is 0.120. The molecule has 0 bridgehead atoms. The van der Waals surface area contributed by atoms with Crippen LogP contribution >= 0.6 is 0 Å². The Labute approximate surface area is 72.8 Å². The number of hydrogen-bond donors (Lipinski definition) is 1. The first kappa shape index (κ1) is 9.48. The Hall–Kier alpha value is -0.610. The average Bonchev–Trinajstić information content (AvgIpc) is 2.15. The smallest absolute Gasteiger partial charge is 0.137 e. The lowest BCUT2D eigenvalue weighted by atomic mass is 10.3. The maximum Gasteiger partial charge on any atom is 0.137 e. The largest absolute Gasteiger partial charge is 0.385 e. The summed E-state index contributed by atoms with van der Waals surface area (Å²) in [4.78, 5) is 4.16. The highest BCUT2D eigenvalue weighted by atomic mass is 16.6. The first-order chi connectivity index (χ1) is 5.84. The molecule has 1 saturated heterocycles. The summed E-state index contributed by atoms with van der Waals surface area (Å²) >= 11 is 0. The number of ether oxygens (including phenoxy) is 2. The molecule has 1 aliphatic heterocycles. The van der Waals surface area contributed by atoms with Crippen LogP contribution in [0.3, 0.4) is 0 Å². The summed E-state index contributed by atoms with van der Waals surface area (Å²) in [6.45, 7) is 4.66. The maximum atomic E-state index is 5.68. The van der Waals surface area contributed by atoms with E-state index < -0.39 is 0 Å². The molecule has 0 aromatic carbocycles. The Balaban J connectivity index is 2.33. The first-order valence-corrected chi connectivity index (χ1v) is 4.33. The van der Waals surface area contributed by atoms with Crippen molar-refractivity contribution in [3.8, 4) is 0 Å². The van der Waals surface area contributed by atoms with Crippen LogP contribution in [0.25, 0.3) is 0 Å². The Morgan fingerprint density at radius 1 is 1.58 bits per heavy atom. The van der Waals surface area contributed by atoms with Crippen molar-refractivity contribution in [1.82, 2.24) is 0 Å². The molecule has 4 heteroatoms. The lowest BCUT2D eigenvalue weighted by Crippen LogP contribution is -2.40. The minimum atomic E-state index is -0.120. The standard InChI is InChI=1S/C8H16N2O2/c1-2-3-10-8(9)7-6-11-4-5-12-7/h7H,2-6H2,1H3,(H2,9,10). The van der Waals surface area contributed by atoms with Gasteiger partial charge in [0, 0.05) is 6.54 Å². The second kappa shape index (κ2) is 5.11. The molecule has 4 nitrogen and oxygen atoms in total. The summed E-state index contributed by atoms with van der Waals surface area (Å²) in [7, 11) is 0. The Morgan fingerprint density at radius 3 is 3.00 bits per heavy atom. The van der Waals surface area contributed by atoms with E-state index >= 15 is 0 Å². The van der Waals surface area contributed by atoms with Gasteiger partial charge >= 0.3 is 0 Å². The van der Waals surface area contributed by atoms with Gasteiger partial charge in [-0.1, -0.05) is 6.92 Å². The van der Waals surface area contributed by atoms with E-state index in [0.29, 0.717) is 25.7 Å². The third kappa shape index (κ3) is 2.79. The molecule has 1 fully saturated rings. The van der Waals surface area contributed by atoms with Crippen molar-refractivity contribution in [2.75, 3.05) is 26.4 Å². The van der Waals surface area contributed by atoms with Gasteiger partial charge in [0.2, 0.25) is 0 Å². The molecule has 0 aromatic heterocycles. The highest BCUT2D eigenvalue weighted by Gasteiger charge is 2.17. The fraction of sp³-hybridized carbons (Fsp3) is 0.875. The summed E-state index contributed by atoms with van der Waals surface area (Å²) in [6, 6.07) is 0. The zero-order valence-corrected chi connectivity index (χ0v) is 7.45. The fourth-order valence-corrected chi connectivity index (χ4v) is 1.00. The fourth-order valence-electron chi connectivity index (χ4n) is 1.00. The van der Waals surface area contributed by atoms with Gasteiger partial charge in [-0.3, -0.25) is 4.99 Å². The van der Waals surface area contributed by atoms with Crippen LogP contribution in [0.15, 0.2) is 4.99 Å². The topological polar surface area (TPSA) is 56.8 Å². The van der Waals surface area contributed by atoms with E-state index in [2.05, 4.69) is 11.9 Å². The molecule has 0 radical (unpaired) electrons. The van der Waals surface area contributed by atoms with Crippen LogP contribution in [0.4, 0.5) is 0 Å². The molecule has 0 aliphatic carbocycles. The van der Waals surface area contributed by atoms with Crippen molar-refractivity contribution >= 4 is 5.84 Å². The van der Waals surface area contributed by atoms with Crippen LogP contribution in [-0.2, 0) is 9.47 Å². The number of aliphatic imine (C=N–C) groups is 1. The average molecular weight is 172 g/mol. The van der Waals surface area contributed by atoms with Gasteiger partial charge in [0.25, 0.3) is 0 Å². The highest BCUT2D eigenvalue weighted by molar-refractivity contribution is 5.85. The number of amidine groups is 1. The zero-order valence-electron chi connectivity index (χ0n) is 7.45. The quantitative estimate of drug-likeness (QED) is 0.487. The van der Waals surface area contributed by atoms with E-state index in [-0.39, 0.29) is 6.10 Å². The summed E-state index contributed by atoms with van der Waals surface area (Å²) in [5.74, 6) is 0.566. The monoisotopic (exact) mass is 172 g/mol. The van der Waals surface area contributed by atoms with Crippen molar-refractivity contribution in [2.24, 2.45) is 10.7 Å². The van der Waals surface area contributed by atoms with Crippen molar-refractivity contribution in [2.45, 2.75) is 19.4 Å². The summed E-state index contributed by atoms with van der Waals surface area (Å²) in [5, 5.41) is 0. The molecule has 2 N–H and O–H groups in total. The molecular formula is C8H16N2O2. The molecule has 1 unspecified atom stereocenters. The van der Waals surface area contributed by atoms with Crippen LogP contribution in [-0.4, -0.2) is 38.3 Å². The zero-order chi connectivity index (χ0) is 8.81. The van der Waals surface area contributed by atoms with Gasteiger partial charge in [0.05, 0.1) is 19.8 Å². The van der Waals surface area contributed by atoms with Gasteiger partial charge in [0.15, 0.2) is 0 Å². The maximum absolute atomic E-state index is 5.68. The molecule has 1 atom stereocenters. The van der Waals surface area contributed by atoms with Crippen LogP contribution in [0.1, 0.15) is 13.3 Å². The summed E-state index contributed by atoms with van der Waals surface area (Å²) in [5.41, 5.74) is 5.68. The van der Waals surface area contributed by atoms with Crippen LogP contribution < -0.4 is 5.73 Å². The molecule has 0 aromatic rings. The predicted octanol–water partition coefficient (Wildman–Crippen LogP) is 0.169. The van der Waals surface area contributed by atoms with Crippen molar-refractivity contribution < 1.29 is 9.47 Å². The van der Waals surface area contributed by atoms with E-state index in [0.717, 1.165) is 13.0 Å². The molecule has 70 valence electrons. The van der Waals surface area contributed by atoms with E-state index in [4.69, 9.17) is 15.2 Å². The summed E-state index contributed by atoms with van der Waals surface area (Å²) < 4.78 is 10.6. The molecule has 0 amide bonds. The lowest BCUT2D eigenvalue weighted by molar-refractivity contribution is -0.0598. The highest BCUT2D eigenvalue weighted by Crippen LogP contribution is 2.00. The van der Waals surface area contributed by atoms with Crippen molar-refractivity contribution in [1.29, 1.82) is 0 Å². The van der Waals surface area contributed by atoms with E-state index in [1.807, 2.05) is 0 Å². The van der Waals surface area contributed by atoms with Gasteiger partial charge in [-0.15, -0.1) is 0 Å².